The van der Waals surface area contributed by atoms with Crippen LogP contribution >= 0.6 is 0 Å². The number of ether oxygens (including phenoxy) is 1. The van der Waals surface area contributed by atoms with Crippen molar-refractivity contribution in [2.45, 2.75) is 12.8 Å². The van der Waals surface area contributed by atoms with Gasteiger partial charge in [0, 0.05) is 32.0 Å². The van der Waals surface area contributed by atoms with E-state index >= 15 is 0 Å². The zero-order valence-electron chi connectivity index (χ0n) is 10.6. The number of nitrogens with zero attached hydrogens (tertiary/aromatic N) is 2. The first-order valence-corrected chi connectivity index (χ1v) is 5.71. The predicted octanol–water partition coefficient (Wildman–Crippen LogP) is 1.80. The van der Waals surface area contributed by atoms with Gasteiger partial charge in [0.05, 0.1) is 0 Å². The second-order valence-corrected chi connectivity index (χ2v) is 3.85. The highest BCUT2D eigenvalue weighted by atomic mass is 16.5. The highest BCUT2D eigenvalue weighted by Gasteiger charge is 2.28. The fraction of sp³-hybridized carbons (Fsp3) is 0.385. The fourth-order valence-electron chi connectivity index (χ4n) is 1.75. The summed E-state index contributed by atoms with van der Waals surface area (Å²) in [5.41, 5.74) is 0.803. The molecular formula is C13H18N2O3. The molecule has 0 spiro atoms. The van der Waals surface area contributed by atoms with E-state index in [1.165, 1.54) is 12.3 Å². The summed E-state index contributed by atoms with van der Waals surface area (Å²) in [6, 6.07) is 0. The molecule has 0 fully saturated rings. The van der Waals surface area contributed by atoms with E-state index < -0.39 is 5.97 Å². The summed E-state index contributed by atoms with van der Waals surface area (Å²) in [7, 11) is 1.64. The first-order chi connectivity index (χ1) is 8.61. The molecule has 18 heavy (non-hydrogen) atoms. The lowest BCUT2D eigenvalue weighted by Gasteiger charge is -2.20. The molecule has 0 saturated heterocycles. The molecule has 98 valence electrons. The van der Waals surface area contributed by atoms with Crippen molar-refractivity contribution in [2.24, 2.45) is 4.99 Å². The van der Waals surface area contributed by atoms with Gasteiger partial charge in [-0.1, -0.05) is 13.2 Å². The Hall–Kier alpha value is -1.88. The van der Waals surface area contributed by atoms with Gasteiger partial charge in [-0.25, -0.2) is 9.79 Å². The van der Waals surface area contributed by atoms with Crippen molar-refractivity contribution in [3.8, 4) is 0 Å². The van der Waals surface area contributed by atoms with Crippen molar-refractivity contribution in [1.29, 1.82) is 0 Å². The maximum absolute atomic E-state index is 11.1. The number of amidine groups is 1. The summed E-state index contributed by atoms with van der Waals surface area (Å²) < 4.78 is 4.96. The Morgan fingerprint density at radius 1 is 1.61 bits per heavy atom. The molecule has 0 unspecified atom stereocenters. The lowest BCUT2D eigenvalue weighted by Crippen LogP contribution is -2.30. The van der Waals surface area contributed by atoms with E-state index in [0.717, 1.165) is 12.8 Å². The van der Waals surface area contributed by atoms with Gasteiger partial charge in [0.25, 0.3) is 0 Å². The fourth-order valence-corrected chi connectivity index (χ4v) is 1.75. The van der Waals surface area contributed by atoms with Crippen LogP contribution in [0.4, 0.5) is 0 Å². The van der Waals surface area contributed by atoms with Gasteiger partial charge in [0.2, 0.25) is 0 Å². The number of unbranched alkanes of at least 4 members (excludes halogenated alkanes) is 1. The van der Waals surface area contributed by atoms with E-state index in [4.69, 9.17) is 9.84 Å². The molecule has 1 N–H and O–H groups in total. The van der Waals surface area contributed by atoms with Gasteiger partial charge in [-0.05, 0) is 18.9 Å². The number of carboxylic acid groups (broad SMARTS) is 1. The molecule has 0 saturated carbocycles. The molecule has 1 heterocycles. The first kappa shape index (κ1) is 14.2. The van der Waals surface area contributed by atoms with Crippen molar-refractivity contribution in [3.63, 3.8) is 0 Å². The minimum atomic E-state index is -0.975. The summed E-state index contributed by atoms with van der Waals surface area (Å²) in [6.45, 7) is 8.56. The van der Waals surface area contributed by atoms with Crippen LogP contribution < -0.4 is 0 Å². The number of methoxy groups -OCH3 is 1. The summed E-state index contributed by atoms with van der Waals surface area (Å²) in [5.74, 6) is -0.419. The molecular weight excluding hydrogens is 232 g/mol. The Morgan fingerprint density at radius 2 is 2.33 bits per heavy atom. The van der Waals surface area contributed by atoms with Crippen LogP contribution in [0.5, 0.6) is 0 Å². The van der Waals surface area contributed by atoms with E-state index in [2.05, 4.69) is 18.2 Å². The molecule has 5 heteroatoms. The highest BCUT2D eigenvalue weighted by molar-refractivity contribution is 6.10. The van der Waals surface area contributed by atoms with Crippen LogP contribution in [0.3, 0.4) is 0 Å². The SMILES string of the molecule is C=CN=C1C(=C)C=C(C(=O)O)N1CCCCOC. The smallest absolute Gasteiger partial charge is 0.352 e. The van der Waals surface area contributed by atoms with E-state index in [1.807, 2.05) is 0 Å². The average Bonchev–Trinajstić information content (AvgIpc) is 2.64. The lowest BCUT2D eigenvalue weighted by molar-refractivity contribution is -0.133. The van der Waals surface area contributed by atoms with Gasteiger partial charge < -0.3 is 14.7 Å². The molecule has 1 aliphatic rings. The van der Waals surface area contributed by atoms with E-state index in [9.17, 15) is 4.79 Å². The molecule has 0 amide bonds. The molecule has 0 aromatic carbocycles. The second-order valence-electron chi connectivity index (χ2n) is 3.85. The van der Waals surface area contributed by atoms with Crippen LogP contribution in [0.15, 0.2) is 41.7 Å². The van der Waals surface area contributed by atoms with Gasteiger partial charge in [0.15, 0.2) is 0 Å². The lowest BCUT2D eigenvalue weighted by atomic mass is 10.3. The third-order valence-corrected chi connectivity index (χ3v) is 2.56. The standard InChI is InChI=1S/C13H18N2O3/c1-4-14-12-10(2)9-11(13(16)17)15(12)7-5-6-8-18-3/h4,9H,1-2,5-8H2,3H3,(H,16,17). The van der Waals surface area contributed by atoms with Crippen molar-refractivity contribution in [1.82, 2.24) is 4.90 Å². The molecule has 5 nitrogen and oxygen atoms in total. The summed E-state index contributed by atoms with van der Waals surface area (Å²) in [5, 5.41) is 9.13. The molecule has 0 aromatic heterocycles. The predicted molar refractivity (Wildman–Crippen MR) is 70.3 cm³/mol. The third kappa shape index (κ3) is 3.30. The molecule has 1 rings (SSSR count). The number of aliphatic carboxylic acids is 1. The quantitative estimate of drug-likeness (QED) is 0.700. The largest absolute Gasteiger partial charge is 0.477 e. The van der Waals surface area contributed by atoms with Crippen molar-refractivity contribution < 1.29 is 14.6 Å². The van der Waals surface area contributed by atoms with Crippen LogP contribution in [-0.4, -0.2) is 42.1 Å². The third-order valence-electron chi connectivity index (χ3n) is 2.56. The minimum absolute atomic E-state index is 0.206. The molecule has 0 atom stereocenters. The van der Waals surface area contributed by atoms with Crippen molar-refractivity contribution in [3.05, 3.63) is 36.7 Å². The Labute approximate surface area is 107 Å². The molecule has 0 radical (unpaired) electrons. The van der Waals surface area contributed by atoms with Crippen LogP contribution in [0.2, 0.25) is 0 Å². The molecule has 0 aliphatic carbocycles. The van der Waals surface area contributed by atoms with Gasteiger partial charge in [-0.2, -0.15) is 0 Å². The zero-order chi connectivity index (χ0) is 13.5. The molecule has 1 aliphatic heterocycles. The first-order valence-electron chi connectivity index (χ1n) is 5.71. The van der Waals surface area contributed by atoms with Gasteiger partial charge in [0.1, 0.15) is 11.5 Å². The maximum Gasteiger partial charge on any atom is 0.352 e. The average molecular weight is 250 g/mol. The monoisotopic (exact) mass is 250 g/mol. The van der Waals surface area contributed by atoms with E-state index in [0.29, 0.717) is 24.6 Å². The van der Waals surface area contributed by atoms with Gasteiger partial charge in [-0.15, -0.1) is 0 Å². The number of carbonyl (C=O) groups is 1. The number of rotatable bonds is 7. The maximum atomic E-state index is 11.1. The van der Waals surface area contributed by atoms with Crippen LogP contribution in [-0.2, 0) is 9.53 Å². The van der Waals surface area contributed by atoms with E-state index in [-0.39, 0.29) is 5.70 Å². The topological polar surface area (TPSA) is 62.1 Å². The molecule has 0 bridgehead atoms. The zero-order valence-corrected chi connectivity index (χ0v) is 10.6. The number of carboxylic acids is 1. The Bertz CT molecular complexity index is 410. The Kier molecular flexibility index (Phi) is 5.32. The van der Waals surface area contributed by atoms with Crippen molar-refractivity contribution in [2.75, 3.05) is 20.3 Å². The second kappa shape index (κ2) is 6.76. The highest BCUT2D eigenvalue weighted by Crippen LogP contribution is 2.22. The van der Waals surface area contributed by atoms with Gasteiger partial charge in [-0.3, -0.25) is 0 Å². The molecule has 0 aromatic rings. The minimum Gasteiger partial charge on any atom is -0.477 e. The number of aliphatic imine (C=N–C) groups is 1. The van der Waals surface area contributed by atoms with Crippen LogP contribution in [0, 0.1) is 0 Å². The number of hydrogen-bond donors (Lipinski definition) is 1. The Balaban J connectivity index is 2.77. The summed E-state index contributed by atoms with van der Waals surface area (Å²) in [4.78, 5) is 16.9. The van der Waals surface area contributed by atoms with E-state index in [1.54, 1.807) is 12.0 Å². The Morgan fingerprint density at radius 3 is 2.89 bits per heavy atom. The summed E-state index contributed by atoms with van der Waals surface area (Å²) >= 11 is 0. The van der Waals surface area contributed by atoms with Gasteiger partial charge >= 0.3 is 5.97 Å². The van der Waals surface area contributed by atoms with Crippen LogP contribution in [0.25, 0.3) is 0 Å². The number of hydrogen-bond acceptors (Lipinski definition) is 3. The normalized spacial score (nSPS) is 17.2. The summed E-state index contributed by atoms with van der Waals surface area (Å²) in [6.07, 6.45) is 4.61. The van der Waals surface area contributed by atoms with Crippen LogP contribution in [0.1, 0.15) is 12.8 Å². The van der Waals surface area contributed by atoms with Crippen molar-refractivity contribution >= 4 is 11.8 Å².